The standard InChI is InChI=1S/C10H11ClF4S/c1-6-7(4-8(5-11)16-6)2-3-10(14,15)9(12)13/h4,9H,2-3,5H2,1H3. The summed E-state index contributed by atoms with van der Waals surface area (Å²) in [5.74, 6) is -3.59. The highest BCUT2D eigenvalue weighted by Crippen LogP contribution is 2.31. The van der Waals surface area contributed by atoms with Crippen LogP contribution in [0.2, 0.25) is 0 Å². The van der Waals surface area contributed by atoms with E-state index < -0.39 is 18.8 Å². The molecule has 1 aromatic rings. The van der Waals surface area contributed by atoms with Crippen LogP contribution in [-0.4, -0.2) is 12.3 Å². The maximum Gasteiger partial charge on any atom is 0.307 e. The van der Waals surface area contributed by atoms with Crippen LogP contribution in [-0.2, 0) is 12.3 Å². The van der Waals surface area contributed by atoms with Crippen molar-refractivity contribution in [3.63, 3.8) is 0 Å². The normalized spacial score (nSPS) is 12.4. The van der Waals surface area contributed by atoms with Crippen LogP contribution in [0.25, 0.3) is 0 Å². The second-order valence-electron chi connectivity index (χ2n) is 3.49. The van der Waals surface area contributed by atoms with Crippen molar-refractivity contribution in [1.29, 1.82) is 0 Å². The summed E-state index contributed by atoms with van der Waals surface area (Å²) < 4.78 is 49.2. The van der Waals surface area contributed by atoms with Crippen molar-refractivity contribution in [2.75, 3.05) is 0 Å². The molecule has 0 N–H and O–H groups in total. The van der Waals surface area contributed by atoms with E-state index in [9.17, 15) is 17.6 Å². The summed E-state index contributed by atoms with van der Waals surface area (Å²) in [7, 11) is 0. The number of thiophene rings is 1. The molecule has 0 saturated carbocycles. The topological polar surface area (TPSA) is 0 Å². The van der Waals surface area contributed by atoms with Gasteiger partial charge >= 0.3 is 12.3 Å². The smallest absolute Gasteiger partial charge is 0.204 e. The van der Waals surface area contributed by atoms with Crippen LogP contribution in [0.15, 0.2) is 6.07 Å². The van der Waals surface area contributed by atoms with Crippen molar-refractivity contribution in [2.24, 2.45) is 0 Å². The molecule has 0 aliphatic rings. The van der Waals surface area contributed by atoms with Gasteiger partial charge in [0.15, 0.2) is 0 Å². The van der Waals surface area contributed by atoms with Gasteiger partial charge in [-0.05, 0) is 25.0 Å². The van der Waals surface area contributed by atoms with Crippen molar-refractivity contribution in [2.45, 2.75) is 38.0 Å². The van der Waals surface area contributed by atoms with E-state index in [4.69, 9.17) is 11.6 Å². The maximum absolute atomic E-state index is 12.7. The van der Waals surface area contributed by atoms with Crippen LogP contribution in [0.5, 0.6) is 0 Å². The first-order chi connectivity index (χ1) is 7.36. The Bertz CT molecular complexity index is 349. The first kappa shape index (κ1) is 13.8. The second-order valence-corrected chi connectivity index (χ2v) is 5.10. The molecule has 16 heavy (non-hydrogen) atoms. The molecule has 0 fully saturated rings. The summed E-state index contributed by atoms with van der Waals surface area (Å²) in [4.78, 5) is 1.73. The summed E-state index contributed by atoms with van der Waals surface area (Å²) in [6, 6.07) is 1.70. The number of hydrogen-bond acceptors (Lipinski definition) is 1. The molecule has 0 aliphatic carbocycles. The molecular weight excluding hydrogens is 264 g/mol. The summed E-state index contributed by atoms with van der Waals surface area (Å²) in [5.41, 5.74) is 0.681. The zero-order valence-electron chi connectivity index (χ0n) is 8.57. The van der Waals surface area contributed by atoms with Gasteiger partial charge in [-0.3, -0.25) is 0 Å². The van der Waals surface area contributed by atoms with Crippen LogP contribution in [0.1, 0.15) is 21.7 Å². The Labute approximate surface area is 100 Å². The van der Waals surface area contributed by atoms with E-state index in [-0.39, 0.29) is 6.42 Å². The Kier molecular flexibility index (Phi) is 4.62. The first-order valence-electron chi connectivity index (χ1n) is 4.67. The van der Waals surface area contributed by atoms with Gasteiger partial charge in [-0.1, -0.05) is 0 Å². The Hall–Kier alpha value is -0.290. The van der Waals surface area contributed by atoms with Crippen molar-refractivity contribution in [3.05, 3.63) is 21.4 Å². The van der Waals surface area contributed by atoms with E-state index in [0.29, 0.717) is 11.4 Å². The third-order valence-corrected chi connectivity index (χ3v) is 3.79. The molecule has 0 nitrogen and oxygen atoms in total. The molecule has 1 rings (SSSR count). The Balaban J connectivity index is 2.64. The number of halogens is 5. The molecule has 0 radical (unpaired) electrons. The van der Waals surface area contributed by atoms with Gasteiger partial charge in [0.1, 0.15) is 0 Å². The average Bonchev–Trinajstić information content (AvgIpc) is 2.56. The van der Waals surface area contributed by atoms with Crippen LogP contribution >= 0.6 is 22.9 Å². The minimum atomic E-state index is -3.91. The van der Waals surface area contributed by atoms with Crippen molar-refractivity contribution >= 4 is 22.9 Å². The molecule has 6 heteroatoms. The Morgan fingerprint density at radius 2 is 2.06 bits per heavy atom. The number of aryl methyl sites for hydroxylation is 2. The molecule has 92 valence electrons. The van der Waals surface area contributed by atoms with Crippen LogP contribution < -0.4 is 0 Å². The fraction of sp³-hybridized carbons (Fsp3) is 0.600. The highest BCUT2D eigenvalue weighted by molar-refractivity contribution is 7.12. The summed E-state index contributed by atoms with van der Waals surface area (Å²) in [5, 5.41) is 0. The molecule has 0 unspecified atom stereocenters. The predicted molar refractivity (Wildman–Crippen MR) is 57.9 cm³/mol. The van der Waals surface area contributed by atoms with E-state index in [2.05, 4.69) is 0 Å². The summed E-state index contributed by atoms with van der Waals surface area (Å²) in [6.07, 6.45) is -4.47. The van der Waals surface area contributed by atoms with E-state index >= 15 is 0 Å². The van der Waals surface area contributed by atoms with Crippen LogP contribution in [0, 0.1) is 6.92 Å². The van der Waals surface area contributed by atoms with Gasteiger partial charge < -0.3 is 0 Å². The number of hydrogen-bond donors (Lipinski definition) is 0. The molecule has 0 amide bonds. The molecule has 0 aromatic carbocycles. The SMILES string of the molecule is Cc1sc(CCl)cc1CCC(F)(F)C(F)F. The summed E-state index contributed by atoms with van der Waals surface area (Å²) in [6.45, 7) is 1.77. The van der Waals surface area contributed by atoms with Crippen LogP contribution in [0.4, 0.5) is 17.6 Å². The fourth-order valence-electron chi connectivity index (χ4n) is 1.31. The van der Waals surface area contributed by atoms with Gasteiger partial charge in [0, 0.05) is 16.2 Å². The second kappa shape index (κ2) is 5.36. The molecule has 0 spiro atoms. The average molecular weight is 275 g/mol. The Morgan fingerprint density at radius 1 is 1.44 bits per heavy atom. The highest BCUT2D eigenvalue weighted by Gasteiger charge is 2.39. The molecule has 0 aliphatic heterocycles. The molecule has 1 aromatic heterocycles. The van der Waals surface area contributed by atoms with Gasteiger partial charge in [0.2, 0.25) is 0 Å². The molecule has 0 saturated heterocycles. The van der Waals surface area contributed by atoms with Crippen LogP contribution in [0.3, 0.4) is 0 Å². The zero-order valence-corrected chi connectivity index (χ0v) is 10.1. The lowest BCUT2D eigenvalue weighted by Crippen LogP contribution is -2.26. The molecule has 0 bridgehead atoms. The maximum atomic E-state index is 12.7. The lowest BCUT2D eigenvalue weighted by molar-refractivity contribution is -0.132. The number of alkyl halides is 5. The first-order valence-corrected chi connectivity index (χ1v) is 6.02. The van der Waals surface area contributed by atoms with E-state index in [0.717, 1.165) is 9.75 Å². The largest absolute Gasteiger partial charge is 0.307 e. The minimum Gasteiger partial charge on any atom is -0.204 e. The van der Waals surface area contributed by atoms with Gasteiger partial charge in [-0.25, -0.2) is 17.6 Å². The van der Waals surface area contributed by atoms with Gasteiger partial charge in [0.25, 0.3) is 0 Å². The van der Waals surface area contributed by atoms with Gasteiger partial charge in [-0.15, -0.1) is 22.9 Å². The quantitative estimate of drug-likeness (QED) is 0.542. The molecular formula is C10H11ClF4S. The van der Waals surface area contributed by atoms with Gasteiger partial charge in [0.05, 0.1) is 5.88 Å². The Morgan fingerprint density at radius 3 is 2.50 bits per heavy atom. The predicted octanol–water partition coefficient (Wildman–Crippen LogP) is 4.63. The minimum absolute atomic E-state index is 0.0451. The van der Waals surface area contributed by atoms with E-state index in [1.54, 1.807) is 13.0 Å². The van der Waals surface area contributed by atoms with Crippen molar-refractivity contribution < 1.29 is 17.6 Å². The fourth-order valence-corrected chi connectivity index (χ4v) is 2.49. The van der Waals surface area contributed by atoms with Crippen molar-refractivity contribution in [1.82, 2.24) is 0 Å². The number of rotatable bonds is 5. The third-order valence-electron chi connectivity index (χ3n) is 2.25. The zero-order chi connectivity index (χ0) is 12.3. The lowest BCUT2D eigenvalue weighted by atomic mass is 10.1. The third kappa shape index (κ3) is 3.35. The van der Waals surface area contributed by atoms with Gasteiger partial charge in [-0.2, -0.15) is 0 Å². The molecule has 0 atom stereocenters. The van der Waals surface area contributed by atoms with Crippen molar-refractivity contribution in [3.8, 4) is 0 Å². The van der Waals surface area contributed by atoms with E-state index in [1.807, 2.05) is 0 Å². The lowest BCUT2D eigenvalue weighted by Gasteiger charge is -2.14. The monoisotopic (exact) mass is 274 g/mol. The highest BCUT2D eigenvalue weighted by atomic mass is 35.5. The van der Waals surface area contributed by atoms with E-state index in [1.165, 1.54) is 11.3 Å². The molecule has 1 heterocycles. The summed E-state index contributed by atoms with van der Waals surface area (Å²) >= 11 is 7.00.